The smallest absolute Gasteiger partial charge is 0.329 e. The standard InChI is InChI=1S/C93H137N9O24/c1-60-18-13-12-14-19-61(2)76(111-8)55-71-29-22-66(7)93(110,126-71)87(107)90(108)101-33-16-15-20-73(101)91(109)124-78(56-77(112-9)62(3)51-65(6)85(106)86(114-11)84(105)64(5)50-60)63(4)52-69-27-30-75(79(53-69)113-10)123-81(104)21-17-34-115-36-38-117-40-42-119-44-46-121-48-49-122-47-45-120-43-41-118-39-37-116-35-32-80(103)96-57-67-23-25-68(26-24-67)58-102-89-82(88(94)97-59-98-89)83(100-102)70-28-31-74-72(54-70)99-92(95)125-74/h12-14,18-19,23-26,28,31,51,54,59-60,62-64,66,69,71,73,75-79,85-86,106,110H,15-17,20-22,27,29-30,32-50,52-53,55-58H2,1-11H3,(H2,95,99)(H,96,103)(H2,94,97,98)/b14-12+,18-13+,61-19+,65-51+/t60-,62-,63-,64-,66-,69+,71+,73+,75-,76+,77-,78+,79-,85-,86+,93-/m1/s1. The Hall–Kier alpha value is -8.36. The van der Waals surface area contributed by atoms with Crippen LogP contribution in [0.5, 0.6) is 0 Å². The molecule has 7 N–H and O–H groups in total. The summed E-state index contributed by atoms with van der Waals surface area (Å²) in [6.45, 7) is 20.1. The molecule has 5 aromatic rings. The normalized spacial score (nSPS) is 27.1. The number of anilines is 2. The number of carbonyl (C=O) groups excluding carboxylic acids is 6. The molecule has 33 heteroatoms. The van der Waals surface area contributed by atoms with Crippen LogP contribution in [0.15, 0.2) is 101 Å². The average molecular weight is 1770 g/mol. The molecule has 2 aromatic carbocycles. The number of oxazole rings is 1. The number of rotatable bonds is 41. The van der Waals surface area contributed by atoms with Gasteiger partial charge < -0.3 is 107 Å². The van der Waals surface area contributed by atoms with E-state index in [1.165, 1.54) is 18.3 Å². The summed E-state index contributed by atoms with van der Waals surface area (Å²) < 4.78 is 94.9. The molecule has 2 bridgehead atoms. The molecule has 3 fully saturated rings. The number of esters is 2. The monoisotopic (exact) mass is 1760 g/mol. The summed E-state index contributed by atoms with van der Waals surface area (Å²) in [5, 5.41) is 32.4. The Morgan fingerprint density at radius 3 is 1.96 bits per heavy atom. The fraction of sp³-hybridized carbons (Fsp3) is 0.656. The Morgan fingerprint density at radius 1 is 0.675 bits per heavy atom. The Labute approximate surface area is 740 Å². The molecule has 698 valence electrons. The van der Waals surface area contributed by atoms with Gasteiger partial charge in [0, 0.05) is 97.1 Å². The molecule has 33 nitrogen and oxygen atoms in total. The molecule has 1 aliphatic carbocycles. The van der Waals surface area contributed by atoms with Crippen LogP contribution in [0, 0.1) is 35.5 Å². The Morgan fingerprint density at radius 2 is 1.32 bits per heavy atom. The molecule has 2 saturated heterocycles. The number of benzene rings is 2. The minimum absolute atomic E-state index is 0.0104. The van der Waals surface area contributed by atoms with Crippen LogP contribution in [0.4, 0.5) is 11.8 Å². The summed E-state index contributed by atoms with van der Waals surface area (Å²) >= 11 is 0. The summed E-state index contributed by atoms with van der Waals surface area (Å²) in [7, 11) is 6.17. The Balaban J connectivity index is 0.601. The first-order valence-corrected chi connectivity index (χ1v) is 44.6. The molecule has 9 rings (SSSR count). The molecule has 4 aliphatic rings. The fourth-order valence-corrected chi connectivity index (χ4v) is 16.7. The van der Waals surface area contributed by atoms with Gasteiger partial charge in [-0.2, -0.15) is 10.1 Å². The van der Waals surface area contributed by atoms with E-state index in [1.807, 2.05) is 107 Å². The number of aromatic nitrogens is 5. The number of cyclic esters (lactones) is 1. The van der Waals surface area contributed by atoms with Gasteiger partial charge in [0.05, 0.1) is 135 Å². The predicted octanol–water partition coefficient (Wildman–Crippen LogP) is 9.96. The highest BCUT2D eigenvalue weighted by Gasteiger charge is 2.53. The van der Waals surface area contributed by atoms with Gasteiger partial charge in [-0.1, -0.05) is 95.3 Å². The van der Waals surface area contributed by atoms with Crippen molar-refractivity contribution in [1.29, 1.82) is 0 Å². The summed E-state index contributed by atoms with van der Waals surface area (Å²) in [5.74, 6) is -7.44. The average Bonchev–Trinajstić information content (AvgIpc) is 1.11. The van der Waals surface area contributed by atoms with E-state index in [9.17, 15) is 39.0 Å². The second-order valence-corrected chi connectivity index (χ2v) is 33.5. The van der Waals surface area contributed by atoms with Crippen molar-refractivity contribution in [3.05, 3.63) is 108 Å². The topological polar surface area (TPSA) is 418 Å². The van der Waals surface area contributed by atoms with E-state index >= 15 is 0 Å². The molecular weight excluding hydrogens is 1630 g/mol. The van der Waals surface area contributed by atoms with E-state index in [2.05, 4.69) is 20.3 Å². The first-order valence-electron chi connectivity index (χ1n) is 44.6. The van der Waals surface area contributed by atoms with Gasteiger partial charge >= 0.3 is 11.9 Å². The van der Waals surface area contributed by atoms with E-state index in [0.29, 0.717) is 222 Å². The quantitative estimate of drug-likeness (QED) is 0.0105. The molecule has 126 heavy (non-hydrogen) atoms. The molecular formula is C93H137N9O24. The number of allylic oxidation sites excluding steroid dienone is 5. The number of carbonyl (C=O) groups is 6. The molecule has 3 aliphatic heterocycles. The van der Waals surface area contributed by atoms with Gasteiger partial charge in [-0.05, 0) is 143 Å². The number of fused-ring (bicyclic) bond motifs is 5. The molecule has 16 atom stereocenters. The maximum atomic E-state index is 14.9. The number of piperidine rings is 1. The van der Waals surface area contributed by atoms with Crippen molar-refractivity contribution >= 4 is 69.3 Å². The van der Waals surface area contributed by atoms with Gasteiger partial charge in [-0.15, -0.1) is 0 Å². The Kier molecular flexibility index (Phi) is 42.6. The van der Waals surface area contributed by atoms with Crippen LogP contribution in [0.1, 0.15) is 156 Å². The number of amides is 2. The van der Waals surface area contributed by atoms with E-state index in [1.54, 1.807) is 45.9 Å². The zero-order valence-electron chi connectivity index (χ0n) is 75.5. The number of hydrogen-bond donors (Lipinski definition) is 5. The summed E-state index contributed by atoms with van der Waals surface area (Å²) in [4.78, 5) is 98.1. The van der Waals surface area contributed by atoms with Crippen molar-refractivity contribution < 1.29 is 114 Å². The third-order valence-corrected chi connectivity index (χ3v) is 24.0. The number of nitrogens with one attached hydrogen (secondary N) is 1. The number of aliphatic hydroxyl groups excluding tert-OH is 1. The van der Waals surface area contributed by atoms with Crippen LogP contribution >= 0.6 is 0 Å². The third-order valence-electron chi connectivity index (χ3n) is 24.0. The van der Waals surface area contributed by atoms with Gasteiger partial charge in [0.15, 0.2) is 17.0 Å². The Bertz CT molecular complexity index is 4330. The van der Waals surface area contributed by atoms with E-state index in [0.717, 1.165) is 22.3 Å². The molecule has 1 saturated carbocycles. The van der Waals surface area contributed by atoms with Crippen molar-refractivity contribution in [2.24, 2.45) is 35.5 Å². The highest BCUT2D eigenvalue weighted by atomic mass is 16.6. The van der Waals surface area contributed by atoms with Crippen LogP contribution in [0.3, 0.4) is 0 Å². The number of nitrogens with two attached hydrogens (primary N) is 2. The highest BCUT2D eigenvalue weighted by Crippen LogP contribution is 2.40. The van der Waals surface area contributed by atoms with Crippen molar-refractivity contribution in [1.82, 2.24) is 34.9 Å². The lowest BCUT2D eigenvalue weighted by molar-refractivity contribution is -0.265. The summed E-state index contributed by atoms with van der Waals surface area (Å²) in [5.41, 5.74) is 18.5. The second kappa shape index (κ2) is 52.9. The number of hydrogen-bond acceptors (Lipinski definition) is 30. The molecule has 0 spiro atoms. The number of nitrogens with zero attached hydrogens (tertiary/aromatic N) is 6. The van der Waals surface area contributed by atoms with E-state index < -0.39 is 90.2 Å². The second-order valence-electron chi connectivity index (χ2n) is 33.5. The van der Waals surface area contributed by atoms with Crippen LogP contribution in [0.2, 0.25) is 0 Å². The van der Waals surface area contributed by atoms with E-state index in [4.69, 9.17) is 92.0 Å². The van der Waals surface area contributed by atoms with Gasteiger partial charge in [-0.25, -0.2) is 19.4 Å². The van der Waals surface area contributed by atoms with Gasteiger partial charge in [-0.3, -0.25) is 24.0 Å². The predicted molar refractivity (Wildman–Crippen MR) is 470 cm³/mol. The van der Waals surface area contributed by atoms with Crippen molar-refractivity contribution in [2.75, 3.05) is 152 Å². The molecule has 6 heterocycles. The van der Waals surface area contributed by atoms with Gasteiger partial charge in [0.25, 0.3) is 17.7 Å². The first-order chi connectivity index (χ1) is 60.8. The largest absolute Gasteiger partial charge is 0.460 e. The number of methoxy groups -OCH3 is 4. The highest BCUT2D eigenvalue weighted by molar-refractivity contribution is 6.39. The lowest BCUT2D eigenvalue weighted by atomic mass is 9.78. The zero-order chi connectivity index (χ0) is 90.5. The number of ketones is 2. The number of aliphatic hydroxyl groups is 2. The van der Waals surface area contributed by atoms with Crippen LogP contribution in [0.25, 0.3) is 33.4 Å². The van der Waals surface area contributed by atoms with Gasteiger partial charge in [0.1, 0.15) is 53.8 Å². The minimum atomic E-state index is -2.45. The lowest BCUT2D eigenvalue weighted by Crippen LogP contribution is -2.61. The van der Waals surface area contributed by atoms with Gasteiger partial charge in [0.2, 0.25) is 11.7 Å². The lowest BCUT2D eigenvalue weighted by Gasteiger charge is -2.43. The first kappa shape index (κ1) is 101. The fourth-order valence-electron chi connectivity index (χ4n) is 16.7. The summed E-state index contributed by atoms with van der Waals surface area (Å²) in [6.07, 6.45) is 13.7. The SMILES string of the molecule is CO[C@H]1C[C@@H]2CC[C@@H](C)[C@@](O)(O2)C(=O)C(=O)N2CCCC[C@H]2C(=O)O[C@H]([C@H](C)C[C@@H]2CC[C@@H](OC(=O)CCCOCCOCCOCCOCCOCCOCCOCCOCCC(=O)NCc3ccc(Cn4nc(-c5ccc6oc(N)nc6c5)c5c(N)ncnc54)cc3)[C@H](OC)C2)C[C@@H](OC)[C@H](C)/C=C(\C)[C@@H](O)[C@@H](OC)C(=O)[C@H](C)C[C@H](C)/C=C/C=C/C=C/1C. The minimum Gasteiger partial charge on any atom is -0.460 e. The van der Waals surface area contributed by atoms with Crippen molar-refractivity contribution in [2.45, 2.75) is 219 Å². The molecule has 3 aromatic heterocycles. The molecule has 2 amide bonds. The maximum absolute atomic E-state index is 14.9. The maximum Gasteiger partial charge on any atom is 0.329 e. The van der Waals surface area contributed by atoms with Crippen LogP contribution in [-0.2, 0) is 113 Å². The number of ether oxygens (including phenoxy) is 15. The zero-order valence-corrected chi connectivity index (χ0v) is 75.5. The third kappa shape index (κ3) is 30.9. The van der Waals surface area contributed by atoms with Crippen molar-refractivity contribution in [3.8, 4) is 11.3 Å². The van der Waals surface area contributed by atoms with Crippen LogP contribution < -0.4 is 16.8 Å². The number of Topliss-reactive ketones (excluding diaryl/α,β-unsaturated/α-hetero) is 2. The van der Waals surface area contributed by atoms with Crippen LogP contribution in [-0.4, -0.2) is 277 Å². The number of nitrogen functional groups attached to an aromatic ring is 2. The van der Waals surface area contributed by atoms with E-state index in [-0.39, 0.29) is 86.2 Å². The molecule has 0 unspecified atom stereocenters. The summed E-state index contributed by atoms with van der Waals surface area (Å²) in [6, 6.07) is 12.3. The van der Waals surface area contributed by atoms with Crippen molar-refractivity contribution in [3.63, 3.8) is 0 Å². The molecule has 0 radical (unpaired) electrons.